The highest BCUT2D eigenvalue weighted by molar-refractivity contribution is 6.20. The maximum absolute atomic E-state index is 6.27. The smallest absolute Gasteiger partial charge is 0.0376 e. The molecule has 0 amide bonds. The van der Waals surface area contributed by atoms with Gasteiger partial charge in [-0.2, -0.15) is 0 Å². The lowest BCUT2D eigenvalue weighted by Gasteiger charge is -2.08. The fraction of sp³-hybridized carbons (Fsp3) is 0.615. The molecule has 0 aliphatic heterocycles. The van der Waals surface area contributed by atoms with Crippen LogP contribution in [0.4, 0.5) is 0 Å². The van der Waals surface area contributed by atoms with E-state index in [0.29, 0.717) is 0 Å². The molecule has 0 spiro atoms. The van der Waals surface area contributed by atoms with Gasteiger partial charge < -0.3 is 0 Å². The van der Waals surface area contributed by atoms with Crippen molar-refractivity contribution in [2.45, 2.75) is 50.8 Å². The van der Waals surface area contributed by atoms with Gasteiger partial charge >= 0.3 is 0 Å². The zero-order valence-corrected chi connectivity index (χ0v) is 10.2. The highest BCUT2D eigenvalue weighted by Gasteiger charge is 2.05. The van der Waals surface area contributed by atoms with Crippen molar-refractivity contribution in [2.75, 3.05) is 0 Å². The Balaban J connectivity index is 2.16. The first-order valence-electron chi connectivity index (χ1n) is 5.86. The van der Waals surface area contributed by atoms with Crippen molar-refractivity contribution < 1.29 is 0 Å². The average molecular weight is 226 g/mol. The zero-order valence-electron chi connectivity index (χ0n) is 9.45. The van der Waals surface area contributed by atoms with Crippen molar-refractivity contribution in [3.63, 3.8) is 0 Å². The molecule has 15 heavy (non-hydrogen) atoms. The number of hydrogen-bond acceptors (Lipinski definition) is 1. The lowest BCUT2D eigenvalue weighted by Crippen LogP contribution is -2.03. The van der Waals surface area contributed by atoms with Gasteiger partial charge in [0.2, 0.25) is 0 Å². The lowest BCUT2D eigenvalue weighted by molar-refractivity contribution is 0.612. The van der Waals surface area contributed by atoms with Crippen molar-refractivity contribution in [2.24, 2.45) is 0 Å². The van der Waals surface area contributed by atoms with E-state index in [0.717, 1.165) is 12.8 Å². The second-order valence-electron chi connectivity index (χ2n) is 4.01. The molecule has 0 saturated heterocycles. The van der Waals surface area contributed by atoms with Crippen LogP contribution < -0.4 is 0 Å². The molecule has 1 atom stereocenters. The Labute approximate surface area is 97.9 Å². The van der Waals surface area contributed by atoms with Gasteiger partial charge in [-0.05, 0) is 30.5 Å². The van der Waals surface area contributed by atoms with E-state index >= 15 is 0 Å². The molecule has 1 rings (SSSR count). The zero-order chi connectivity index (χ0) is 10.9. The van der Waals surface area contributed by atoms with E-state index in [1.807, 2.05) is 24.5 Å². The van der Waals surface area contributed by atoms with Crippen LogP contribution in [0.15, 0.2) is 24.5 Å². The summed E-state index contributed by atoms with van der Waals surface area (Å²) in [6.45, 7) is 2.23. The van der Waals surface area contributed by atoms with Crippen LogP contribution in [0.2, 0.25) is 0 Å². The Hall–Kier alpha value is -0.560. The van der Waals surface area contributed by atoms with Gasteiger partial charge in [-0.15, -0.1) is 11.6 Å². The average Bonchev–Trinajstić information content (AvgIpc) is 2.26. The predicted octanol–water partition coefficient (Wildman–Crippen LogP) is 4.20. The quantitative estimate of drug-likeness (QED) is 0.501. The van der Waals surface area contributed by atoms with E-state index in [-0.39, 0.29) is 5.38 Å². The molecule has 0 fully saturated rings. The summed E-state index contributed by atoms with van der Waals surface area (Å²) in [5.74, 6) is 0. The summed E-state index contributed by atoms with van der Waals surface area (Å²) in [6, 6.07) is 4.09. The minimum Gasteiger partial charge on any atom is -0.265 e. The number of unbranched alkanes of at least 4 members (excludes halogenated alkanes) is 3. The first-order valence-corrected chi connectivity index (χ1v) is 6.29. The number of halogens is 1. The van der Waals surface area contributed by atoms with Crippen molar-refractivity contribution in [3.8, 4) is 0 Å². The lowest BCUT2D eigenvalue weighted by atomic mass is 10.1. The molecule has 1 nitrogen and oxygen atoms in total. The molecule has 0 saturated carbocycles. The Bertz CT molecular complexity index is 248. The standard InChI is InChI=1S/C13H20ClN/c1-2-3-4-5-6-13(14)11-12-7-9-15-10-8-12/h7-10,13H,2-6,11H2,1H3. The first-order chi connectivity index (χ1) is 7.33. The van der Waals surface area contributed by atoms with E-state index < -0.39 is 0 Å². The van der Waals surface area contributed by atoms with Crippen LogP contribution in [0, 0.1) is 0 Å². The van der Waals surface area contributed by atoms with Crippen LogP contribution >= 0.6 is 11.6 Å². The van der Waals surface area contributed by atoms with Crippen LogP contribution in [0.5, 0.6) is 0 Å². The summed E-state index contributed by atoms with van der Waals surface area (Å²) >= 11 is 6.27. The number of aromatic nitrogens is 1. The summed E-state index contributed by atoms with van der Waals surface area (Å²) in [4.78, 5) is 4.00. The first kappa shape index (κ1) is 12.5. The minimum atomic E-state index is 0.282. The number of pyridine rings is 1. The fourth-order valence-electron chi connectivity index (χ4n) is 1.67. The summed E-state index contributed by atoms with van der Waals surface area (Å²) in [5.41, 5.74) is 1.29. The van der Waals surface area contributed by atoms with Gasteiger partial charge in [-0.1, -0.05) is 32.6 Å². The van der Waals surface area contributed by atoms with Crippen LogP contribution in [-0.2, 0) is 6.42 Å². The van der Waals surface area contributed by atoms with Gasteiger partial charge in [0.05, 0.1) is 0 Å². The number of nitrogens with zero attached hydrogens (tertiary/aromatic N) is 1. The van der Waals surface area contributed by atoms with E-state index in [4.69, 9.17) is 11.6 Å². The molecule has 0 aliphatic rings. The monoisotopic (exact) mass is 225 g/mol. The second-order valence-corrected chi connectivity index (χ2v) is 4.62. The van der Waals surface area contributed by atoms with Gasteiger partial charge in [0.25, 0.3) is 0 Å². The SMILES string of the molecule is CCCCCCC(Cl)Cc1ccncc1. The third-order valence-corrected chi connectivity index (χ3v) is 2.95. The van der Waals surface area contributed by atoms with Gasteiger partial charge in [0.1, 0.15) is 0 Å². The Morgan fingerprint density at radius 1 is 1.20 bits per heavy atom. The molecule has 1 aromatic heterocycles. The molecule has 84 valence electrons. The van der Waals surface area contributed by atoms with Crippen LogP contribution in [-0.4, -0.2) is 10.4 Å². The van der Waals surface area contributed by atoms with Gasteiger partial charge in [-0.3, -0.25) is 4.98 Å². The number of alkyl halides is 1. The van der Waals surface area contributed by atoms with Crippen LogP contribution in [0.1, 0.15) is 44.6 Å². The largest absolute Gasteiger partial charge is 0.265 e. The summed E-state index contributed by atoms with van der Waals surface area (Å²) in [6.07, 6.45) is 10.9. The molecule has 0 aromatic carbocycles. The molecule has 0 aliphatic carbocycles. The molecule has 2 heteroatoms. The van der Waals surface area contributed by atoms with Crippen molar-refractivity contribution >= 4 is 11.6 Å². The minimum absolute atomic E-state index is 0.282. The van der Waals surface area contributed by atoms with E-state index in [9.17, 15) is 0 Å². The molecule has 1 aromatic rings. The maximum Gasteiger partial charge on any atom is 0.0376 e. The molecule has 1 heterocycles. The molecule has 0 N–H and O–H groups in total. The predicted molar refractivity (Wildman–Crippen MR) is 66.3 cm³/mol. The highest BCUT2D eigenvalue weighted by atomic mass is 35.5. The van der Waals surface area contributed by atoms with E-state index in [1.54, 1.807) is 0 Å². The highest BCUT2D eigenvalue weighted by Crippen LogP contribution is 2.14. The third kappa shape index (κ3) is 5.78. The van der Waals surface area contributed by atoms with Crippen LogP contribution in [0.3, 0.4) is 0 Å². The molecular weight excluding hydrogens is 206 g/mol. The fourth-order valence-corrected chi connectivity index (χ4v) is 2.00. The second kappa shape index (κ2) is 7.70. The van der Waals surface area contributed by atoms with Crippen LogP contribution in [0.25, 0.3) is 0 Å². The summed E-state index contributed by atoms with van der Waals surface area (Å²) in [5, 5.41) is 0.282. The number of rotatable bonds is 7. The molecule has 1 unspecified atom stereocenters. The molecule has 0 radical (unpaired) electrons. The van der Waals surface area contributed by atoms with Crippen molar-refractivity contribution in [3.05, 3.63) is 30.1 Å². The number of hydrogen-bond donors (Lipinski definition) is 0. The summed E-state index contributed by atoms with van der Waals surface area (Å²) in [7, 11) is 0. The molecular formula is C13H20ClN. The topological polar surface area (TPSA) is 12.9 Å². The Morgan fingerprint density at radius 2 is 1.93 bits per heavy atom. The third-order valence-electron chi connectivity index (χ3n) is 2.58. The van der Waals surface area contributed by atoms with Gasteiger partial charge in [0, 0.05) is 17.8 Å². The maximum atomic E-state index is 6.27. The van der Waals surface area contributed by atoms with E-state index in [1.165, 1.54) is 31.2 Å². The normalized spacial score (nSPS) is 12.7. The van der Waals surface area contributed by atoms with Crippen molar-refractivity contribution in [1.29, 1.82) is 0 Å². The molecule has 0 bridgehead atoms. The van der Waals surface area contributed by atoms with Gasteiger partial charge in [0.15, 0.2) is 0 Å². The van der Waals surface area contributed by atoms with Crippen molar-refractivity contribution in [1.82, 2.24) is 4.98 Å². The Kier molecular flexibility index (Phi) is 6.42. The Morgan fingerprint density at radius 3 is 2.60 bits per heavy atom. The summed E-state index contributed by atoms with van der Waals surface area (Å²) < 4.78 is 0. The van der Waals surface area contributed by atoms with Gasteiger partial charge in [-0.25, -0.2) is 0 Å². The van der Waals surface area contributed by atoms with E-state index in [2.05, 4.69) is 11.9 Å².